The first-order valence-electron chi connectivity index (χ1n) is 8.56. The van der Waals surface area contributed by atoms with Crippen LogP contribution in [-0.2, 0) is 10.0 Å². The number of likely N-dealkylation sites (tertiary alicyclic amines) is 1. The van der Waals surface area contributed by atoms with Gasteiger partial charge in [0.05, 0.1) is 10.9 Å². The van der Waals surface area contributed by atoms with Crippen LogP contribution in [0.15, 0.2) is 40.2 Å². The van der Waals surface area contributed by atoms with E-state index in [-0.39, 0.29) is 10.9 Å². The Kier molecular flexibility index (Phi) is 5.20. The number of nitrogens with one attached hydrogen (secondary N) is 1. The van der Waals surface area contributed by atoms with Crippen LogP contribution in [0.4, 0.5) is 0 Å². The lowest BCUT2D eigenvalue weighted by Gasteiger charge is -2.25. The summed E-state index contributed by atoms with van der Waals surface area (Å²) in [5, 5.41) is 0. The molecular weight excluding hydrogens is 310 g/mol. The molecule has 23 heavy (non-hydrogen) atoms. The molecule has 1 saturated carbocycles. The lowest BCUT2D eigenvalue weighted by Crippen LogP contribution is -2.43. The summed E-state index contributed by atoms with van der Waals surface area (Å²) in [5.41, 5.74) is 0. The van der Waals surface area contributed by atoms with Gasteiger partial charge < -0.3 is 4.90 Å². The van der Waals surface area contributed by atoms with E-state index >= 15 is 0 Å². The minimum atomic E-state index is -3.57. The third kappa shape index (κ3) is 4.25. The van der Waals surface area contributed by atoms with E-state index in [1.54, 1.807) is 24.3 Å². The summed E-state index contributed by atoms with van der Waals surface area (Å²) < 4.78 is 28.0. The maximum atomic E-state index is 12.6. The topological polar surface area (TPSA) is 61.8 Å². The molecule has 0 unspecified atom stereocenters. The number of hydrogen-bond acceptors (Lipinski definition) is 3. The van der Waals surface area contributed by atoms with Gasteiger partial charge in [-0.05, 0) is 37.8 Å². The first-order chi connectivity index (χ1) is 11.1. The third-order valence-electron chi connectivity index (χ3n) is 4.56. The Hall–Kier alpha value is -1.56. The lowest BCUT2D eigenvalue weighted by atomic mass is 9.96. The molecule has 1 N–H and O–H groups in total. The molecule has 5 nitrogen and oxygen atoms in total. The molecule has 126 valence electrons. The second-order valence-electron chi connectivity index (χ2n) is 6.36. The zero-order valence-corrected chi connectivity index (χ0v) is 14.3. The fourth-order valence-electron chi connectivity index (χ4n) is 3.26. The summed E-state index contributed by atoms with van der Waals surface area (Å²) in [7, 11) is -3.57. The number of aliphatic imine (C=N–C) groups is 1. The van der Waals surface area contributed by atoms with Crippen LogP contribution < -0.4 is 4.72 Å². The molecule has 1 aromatic rings. The number of sulfonamides is 1. The molecule has 2 aliphatic rings. The van der Waals surface area contributed by atoms with E-state index in [9.17, 15) is 8.42 Å². The van der Waals surface area contributed by atoms with Crippen LogP contribution in [0.5, 0.6) is 0 Å². The smallest absolute Gasteiger partial charge is 0.264 e. The van der Waals surface area contributed by atoms with Gasteiger partial charge in [0.1, 0.15) is 0 Å². The number of guanidine groups is 1. The van der Waals surface area contributed by atoms with Gasteiger partial charge in [-0.15, -0.1) is 0 Å². The van der Waals surface area contributed by atoms with Crippen molar-refractivity contribution in [1.82, 2.24) is 9.62 Å². The standard InChI is InChI=1S/C17H25N3O2S/c21-23(22,16-11-5-2-6-12-16)19-17(20-13-7-8-14-20)18-15-9-3-1-4-10-15/h2,5-6,11-12,15H,1,3-4,7-10,13-14H2,(H,18,19). The summed E-state index contributed by atoms with van der Waals surface area (Å²) in [6.07, 6.45) is 7.95. The molecule has 1 aliphatic carbocycles. The van der Waals surface area contributed by atoms with E-state index in [4.69, 9.17) is 4.99 Å². The van der Waals surface area contributed by atoms with Gasteiger partial charge >= 0.3 is 0 Å². The summed E-state index contributed by atoms with van der Waals surface area (Å²) in [6.45, 7) is 1.76. The van der Waals surface area contributed by atoms with Gasteiger partial charge in [-0.1, -0.05) is 37.5 Å². The second kappa shape index (κ2) is 7.34. The number of nitrogens with zero attached hydrogens (tertiary/aromatic N) is 2. The quantitative estimate of drug-likeness (QED) is 0.682. The van der Waals surface area contributed by atoms with Crippen molar-refractivity contribution in [2.45, 2.75) is 55.9 Å². The van der Waals surface area contributed by atoms with E-state index < -0.39 is 10.0 Å². The van der Waals surface area contributed by atoms with E-state index in [0.29, 0.717) is 5.96 Å². The fourth-order valence-corrected chi connectivity index (χ4v) is 4.32. The van der Waals surface area contributed by atoms with E-state index in [0.717, 1.165) is 38.8 Å². The maximum absolute atomic E-state index is 12.6. The largest absolute Gasteiger partial charge is 0.342 e. The zero-order valence-electron chi connectivity index (χ0n) is 13.4. The first kappa shape index (κ1) is 16.3. The van der Waals surface area contributed by atoms with Gasteiger partial charge in [-0.25, -0.2) is 18.1 Å². The Labute approximate surface area is 138 Å². The van der Waals surface area contributed by atoms with Crippen LogP contribution in [0, 0.1) is 0 Å². The van der Waals surface area contributed by atoms with Crippen LogP contribution in [0.3, 0.4) is 0 Å². The van der Waals surface area contributed by atoms with Crippen LogP contribution in [-0.4, -0.2) is 38.4 Å². The predicted molar refractivity (Wildman–Crippen MR) is 91.9 cm³/mol. The summed E-state index contributed by atoms with van der Waals surface area (Å²) in [5.74, 6) is 0.540. The van der Waals surface area contributed by atoms with Crippen molar-refractivity contribution in [3.05, 3.63) is 30.3 Å². The molecule has 1 saturated heterocycles. The van der Waals surface area contributed by atoms with Gasteiger partial charge in [0, 0.05) is 13.1 Å². The molecular formula is C17H25N3O2S. The highest BCUT2D eigenvalue weighted by Gasteiger charge is 2.24. The minimum Gasteiger partial charge on any atom is -0.342 e. The highest BCUT2D eigenvalue weighted by molar-refractivity contribution is 7.90. The average molecular weight is 335 g/mol. The first-order valence-corrected chi connectivity index (χ1v) is 10.0. The van der Waals surface area contributed by atoms with Gasteiger partial charge in [0.2, 0.25) is 5.96 Å². The van der Waals surface area contributed by atoms with Gasteiger partial charge in [0.25, 0.3) is 10.0 Å². The summed E-state index contributed by atoms with van der Waals surface area (Å²) >= 11 is 0. The summed E-state index contributed by atoms with van der Waals surface area (Å²) in [4.78, 5) is 7.15. The average Bonchev–Trinajstić information content (AvgIpc) is 3.10. The van der Waals surface area contributed by atoms with Crippen LogP contribution in [0.1, 0.15) is 44.9 Å². The Balaban J connectivity index is 1.82. The second-order valence-corrected chi connectivity index (χ2v) is 8.04. The Morgan fingerprint density at radius 2 is 1.65 bits per heavy atom. The molecule has 0 spiro atoms. The van der Waals surface area contributed by atoms with Gasteiger partial charge in [-0.3, -0.25) is 0 Å². The molecule has 1 heterocycles. The van der Waals surface area contributed by atoms with Crippen LogP contribution >= 0.6 is 0 Å². The Morgan fingerprint density at radius 1 is 1.00 bits per heavy atom. The van der Waals surface area contributed by atoms with E-state index in [2.05, 4.69) is 9.62 Å². The zero-order chi connectivity index (χ0) is 16.1. The van der Waals surface area contributed by atoms with Crippen LogP contribution in [0.2, 0.25) is 0 Å². The molecule has 0 amide bonds. The molecule has 1 aromatic carbocycles. The predicted octanol–water partition coefficient (Wildman–Crippen LogP) is 2.75. The molecule has 3 rings (SSSR count). The molecule has 6 heteroatoms. The molecule has 0 atom stereocenters. The van der Waals surface area contributed by atoms with Crippen molar-refractivity contribution in [3.63, 3.8) is 0 Å². The monoisotopic (exact) mass is 335 g/mol. The molecule has 0 aromatic heterocycles. The van der Waals surface area contributed by atoms with Crippen molar-refractivity contribution in [1.29, 1.82) is 0 Å². The highest BCUT2D eigenvalue weighted by atomic mass is 32.2. The number of rotatable bonds is 3. The van der Waals surface area contributed by atoms with Crippen molar-refractivity contribution < 1.29 is 8.42 Å². The summed E-state index contributed by atoms with van der Waals surface area (Å²) in [6, 6.07) is 8.77. The SMILES string of the molecule is O=S(=O)(NC(=NC1CCCCC1)N1CCCC1)c1ccccc1. The Morgan fingerprint density at radius 3 is 2.30 bits per heavy atom. The van der Waals surface area contributed by atoms with Crippen molar-refractivity contribution in [3.8, 4) is 0 Å². The lowest BCUT2D eigenvalue weighted by molar-refractivity contribution is 0.429. The minimum absolute atomic E-state index is 0.248. The number of benzene rings is 1. The fraction of sp³-hybridized carbons (Fsp3) is 0.588. The molecule has 1 aliphatic heterocycles. The highest BCUT2D eigenvalue weighted by Crippen LogP contribution is 2.21. The molecule has 0 bridgehead atoms. The van der Waals surface area contributed by atoms with Gasteiger partial charge in [0.15, 0.2) is 0 Å². The van der Waals surface area contributed by atoms with E-state index in [1.165, 1.54) is 19.3 Å². The third-order valence-corrected chi connectivity index (χ3v) is 5.91. The van der Waals surface area contributed by atoms with Crippen molar-refractivity contribution in [2.75, 3.05) is 13.1 Å². The van der Waals surface area contributed by atoms with E-state index in [1.807, 2.05) is 6.07 Å². The van der Waals surface area contributed by atoms with Crippen LogP contribution in [0.25, 0.3) is 0 Å². The Bertz CT molecular complexity index is 631. The van der Waals surface area contributed by atoms with Gasteiger partial charge in [-0.2, -0.15) is 0 Å². The maximum Gasteiger partial charge on any atom is 0.264 e. The normalized spacial score (nSPS) is 20.7. The van der Waals surface area contributed by atoms with Crippen molar-refractivity contribution >= 4 is 16.0 Å². The van der Waals surface area contributed by atoms with Crippen molar-refractivity contribution in [2.24, 2.45) is 4.99 Å². The molecule has 0 radical (unpaired) electrons. The molecule has 2 fully saturated rings. The number of hydrogen-bond donors (Lipinski definition) is 1.